The summed E-state index contributed by atoms with van der Waals surface area (Å²) in [4.78, 5) is 25.1. The van der Waals surface area contributed by atoms with Crippen molar-refractivity contribution in [3.63, 3.8) is 0 Å². The average Bonchev–Trinajstić information content (AvgIpc) is 3.22. The molecular formula is C24H22F3N5O4. The largest absolute Gasteiger partial charge is 0.573 e. The van der Waals surface area contributed by atoms with Crippen LogP contribution in [0.2, 0.25) is 0 Å². The van der Waals surface area contributed by atoms with Gasteiger partial charge in [0.05, 0.1) is 23.4 Å². The first-order valence-electron chi connectivity index (χ1n) is 11.0. The Kier molecular flexibility index (Phi) is 7.23. The van der Waals surface area contributed by atoms with Gasteiger partial charge in [-0.3, -0.25) is 4.98 Å². The second-order valence-corrected chi connectivity index (χ2v) is 7.64. The molecule has 0 atom stereocenters. The number of aromatic carboxylic acids is 1. The van der Waals surface area contributed by atoms with Crippen LogP contribution in [0.3, 0.4) is 0 Å². The van der Waals surface area contributed by atoms with Gasteiger partial charge >= 0.3 is 12.3 Å². The summed E-state index contributed by atoms with van der Waals surface area (Å²) in [7, 11) is 0. The molecule has 0 bridgehead atoms. The molecule has 4 aromatic rings. The Morgan fingerprint density at radius 1 is 1.08 bits per heavy atom. The molecule has 0 saturated carbocycles. The normalized spacial score (nSPS) is 11.4. The lowest BCUT2D eigenvalue weighted by molar-refractivity contribution is -0.274. The van der Waals surface area contributed by atoms with Crippen molar-refractivity contribution >= 4 is 22.8 Å². The highest BCUT2D eigenvalue weighted by Gasteiger charge is 2.31. The number of nitrogens with one attached hydrogen (secondary N) is 1. The van der Waals surface area contributed by atoms with Crippen LogP contribution in [0.4, 0.5) is 19.1 Å². The van der Waals surface area contributed by atoms with E-state index in [-0.39, 0.29) is 24.6 Å². The molecule has 36 heavy (non-hydrogen) atoms. The topological polar surface area (TPSA) is 111 Å². The van der Waals surface area contributed by atoms with Gasteiger partial charge in [-0.25, -0.2) is 14.8 Å². The zero-order valence-corrected chi connectivity index (χ0v) is 19.1. The lowest BCUT2D eigenvalue weighted by atomic mass is 10.2. The summed E-state index contributed by atoms with van der Waals surface area (Å²) in [6.45, 7) is 2.97. The molecule has 0 aliphatic carbocycles. The van der Waals surface area contributed by atoms with Gasteiger partial charge in [0.15, 0.2) is 0 Å². The van der Waals surface area contributed by atoms with Crippen LogP contribution in [0.5, 0.6) is 11.5 Å². The number of halogens is 3. The van der Waals surface area contributed by atoms with Crippen LogP contribution in [0.25, 0.3) is 22.3 Å². The number of benzene rings is 1. The number of carbonyl (C=O) groups is 1. The van der Waals surface area contributed by atoms with Crippen LogP contribution in [-0.4, -0.2) is 50.1 Å². The van der Waals surface area contributed by atoms with Crippen LogP contribution in [0, 0.1) is 0 Å². The van der Waals surface area contributed by atoms with E-state index in [1.165, 1.54) is 18.2 Å². The number of nitrogens with zero attached hydrogens (tertiary/aromatic N) is 4. The van der Waals surface area contributed by atoms with Crippen molar-refractivity contribution < 1.29 is 32.5 Å². The summed E-state index contributed by atoms with van der Waals surface area (Å²) in [5.41, 5.74) is 1.71. The van der Waals surface area contributed by atoms with Gasteiger partial charge in [0.1, 0.15) is 23.8 Å². The van der Waals surface area contributed by atoms with Crippen LogP contribution < -0.4 is 14.8 Å². The van der Waals surface area contributed by atoms with E-state index in [0.29, 0.717) is 40.5 Å². The van der Waals surface area contributed by atoms with Crippen molar-refractivity contribution in [1.82, 2.24) is 19.5 Å². The van der Waals surface area contributed by atoms with Gasteiger partial charge in [0.25, 0.3) is 0 Å². The van der Waals surface area contributed by atoms with Crippen molar-refractivity contribution in [3.8, 4) is 22.9 Å². The van der Waals surface area contributed by atoms with Crippen LogP contribution >= 0.6 is 0 Å². The minimum Gasteiger partial charge on any atom is -0.492 e. The number of hydrogen-bond donors (Lipinski definition) is 2. The number of hydrogen-bond acceptors (Lipinski definition) is 7. The smallest absolute Gasteiger partial charge is 0.492 e. The fourth-order valence-corrected chi connectivity index (χ4v) is 3.61. The Morgan fingerprint density at radius 2 is 1.81 bits per heavy atom. The Labute approximate surface area is 203 Å². The maximum absolute atomic E-state index is 12.3. The van der Waals surface area contributed by atoms with E-state index in [9.17, 15) is 23.1 Å². The van der Waals surface area contributed by atoms with E-state index in [2.05, 4.69) is 25.0 Å². The van der Waals surface area contributed by atoms with Gasteiger partial charge in [-0.05, 0) is 48.9 Å². The third kappa shape index (κ3) is 5.82. The quantitative estimate of drug-likeness (QED) is 0.313. The summed E-state index contributed by atoms with van der Waals surface area (Å²) in [5, 5.41) is 13.5. The molecule has 9 nitrogen and oxygen atoms in total. The molecule has 2 N–H and O–H groups in total. The summed E-state index contributed by atoms with van der Waals surface area (Å²) in [6.07, 6.45) is -0.700. The lowest BCUT2D eigenvalue weighted by Gasteiger charge is -2.12. The highest BCUT2D eigenvalue weighted by molar-refractivity contribution is 5.99. The van der Waals surface area contributed by atoms with Crippen LogP contribution in [0.15, 0.2) is 54.9 Å². The number of carboxylic acid groups (broad SMARTS) is 1. The van der Waals surface area contributed by atoms with Crippen LogP contribution in [0.1, 0.15) is 23.8 Å². The lowest BCUT2D eigenvalue weighted by Crippen LogP contribution is -2.17. The molecule has 0 amide bonds. The second-order valence-electron chi connectivity index (χ2n) is 7.64. The molecule has 0 fully saturated rings. The molecule has 0 saturated heterocycles. The molecule has 12 heteroatoms. The fourth-order valence-electron chi connectivity index (χ4n) is 3.61. The summed E-state index contributed by atoms with van der Waals surface area (Å²) in [6, 6.07) is 9.89. The van der Waals surface area contributed by atoms with E-state index in [0.717, 1.165) is 18.6 Å². The van der Waals surface area contributed by atoms with Gasteiger partial charge in [0.2, 0.25) is 5.95 Å². The molecule has 188 valence electrons. The first-order chi connectivity index (χ1) is 17.2. The summed E-state index contributed by atoms with van der Waals surface area (Å²) in [5.74, 6) is -0.726. The van der Waals surface area contributed by atoms with E-state index in [4.69, 9.17) is 4.74 Å². The number of fused-ring (bicyclic) bond motifs is 1. The number of carboxylic acids is 1. The number of rotatable bonds is 10. The molecule has 3 aromatic heterocycles. The molecule has 4 rings (SSSR count). The molecule has 0 aliphatic rings. The van der Waals surface area contributed by atoms with E-state index < -0.39 is 12.3 Å². The standard InChI is InChI=1S/C24H22F3N5O4/c1-2-9-29-23-30-10-7-18(31-23)21-17-14-20(22(33)34)32(19(17)8-11-28-21)12-13-35-15-3-5-16(6-4-15)36-24(25,26)27/h3-8,10-11,14H,2,9,12-13H2,1H3,(H,33,34)(H,29,30,31). The van der Waals surface area contributed by atoms with E-state index >= 15 is 0 Å². The van der Waals surface area contributed by atoms with E-state index in [1.54, 1.807) is 29.1 Å². The summed E-state index contributed by atoms with van der Waals surface area (Å²) >= 11 is 0. The zero-order valence-electron chi connectivity index (χ0n) is 19.1. The Bertz CT molecular complexity index is 1360. The predicted molar refractivity (Wildman–Crippen MR) is 125 cm³/mol. The first kappa shape index (κ1) is 24.8. The van der Waals surface area contributed by atoms with Crippen molar-refractivity contribution in [2.45, 2.75) is 26.3 Å². The average molecular weight is 501 g/mol. The maximum Gasteiger partial charge on any atom is 0.573 e. The Balaban J connectivity index is 1.56. The highest BCUT2D eigenvalue weighted by Crippen LogP contribution is 2.29. The number of ether oxygens (including phenoxy) is 2. The molecule has 0 spiro atoms. The third-order valence-corrected chi connectivity index (χ3v) is 5.12. The zero-order chi connectivity index (χ0) is 25.7. The maximum atomic E-state index is 12.3. The highest BCUT2D eigenvalue weighted by atomic mass is 19.4. The van der Waals surface area contributed by atoms with E-state index in [1.807, 2.05) is 6.92 Å². The summed E-state index contributed by atoms with van der Waals surface area (Å²) < 4.78 is 48.0. The number of aromatic nitrogens is 4. The Hall–Kier alpha value is -4.35. The number of alkyl halides is 3. The minimum atomic E-state index is -4.78. The predicted octanol–water partition coefficient (Wildman–Crippen LogP) is 4.99. The monoisotopic (exact) mass is 501 g/mol. The molecule has 3 heterocycles. The third-order valence-electron chi connectivity index (χ3n) is 5.12. The Morgan fingerprint density at radius 3 is 2.50 bits per heavy atom. The number of anilines is 1. The minimum absolute atomic E-state index is 0.0372. The first-order valence-corrected chi connectivity index (χ1v) is 11.0. The van der Waals surface area contributed by atoms with Gasteiger partial charge in [-0.1, -0.05) is 6.92 Å². The van der Waals surface area contributed by atoms with Crippen molar-refractivity contribution in [2.24, 2.45) is 0 Å². The van der Waals surface area contributed by atoms with Gasteiger partial charge in [-0.15, -0.1) is 13.2 Å². The van der Waals surface area contributed by atoms with Gasteiger partial charge < -0.3 is 24.5 Å². The molecule has 0 aliphatic heterocycles. The molecular weight excluding hydrogens is 479 g/mol. The van der Waals surface area contributed by atoms with Crippen LogP contribution in [-0.2, 0) is 6.54 Å². The van der Waals surface area contributed by atoms with Gasteiger partial charge in [-0.2, -0.15) is 0 Å². The second kappa shape index (κ2) is 10.5. The van der Waals surface area contributed by atoms with Crippen molar-refractivity contribution in [1.29, 1.82) is 0 Å². The molecule has 0 radical (unpaired) electrons. The molecule has 1 aromatic carbocycles. The number of pyridine rings is 1. The van der Waals surface area contributed by atoms with Crippen molar-refractivity contribution in [3.05, 3.63) is 60.6 Å². The molecule has 0 unspecified atom stereocenters. The SMILES string of the molecule is CCCNc1nccc(-c2nccc3c2cc(C(=O)O)n3CCOc2ccc(OC(F)(F)F)cc2)n1. The van der Waals surface area contributed by atoms with Gasteiger partial charge in [0, 0.05) is 24.3 Å². The van der Waals surface area contributed by atoms with Crippen molar-refractivity contribution in [2.75, 3.05) is 18.5 Å². The fraction of sp³-hybridized carbons (Fsp3) is 0.250.